The van der Waals surface area contributed by atoms with Crippen LogP contribution in [0, 0.1) is 0 Å². The highest BCUT2D eigenvalue weighted by molar-refractivity contribution is 5.91. The number of nitrogens with one attached hydrogen (secondary N) is 2. The van der Waals surface area contributed by atoms with Gasteiger partial charge in [-0.15, -0.1) is 0 Å². The average molecular weight is 529 g/mol. The van der Waals surface area contributed by atoms with Gasteiger partial charge >= 0.3 is 24.1 Å². The highest BCUT2D eigenvalue weighted by Crippen LogP contribution is 2.13. The number of carbonyl (C=O) groups is 4. The van der Waals surface area contributed by atoms with Gasteiger partial charge in [-0.1, -0.05) is 25.7 Å². The number of amides is 2. The minimum atomic E-state index is -0.542. The number of carbonyl (C=O) groups excluding carboxylic acids is 4. The van der Waals surface area contributed by atoms with Crippen molar-refractivity contribution in [3.8, 4) is 0 Å². The summed E-state index contributed by atoms with van der Waals surface area (Å²) in [4.78, 5) is 47.1. The second-order valence-electron chi connectivity index (χ2n) is 8.24. The summed E-state index contributed by atoms with van der Waals surface area (Å²) < 4.78 is 20.2. The zero-order chi connectivity index (χ0) is 27.6. The predicted octanol–water partition coefficient (Wildman–Crippen LogP) is 6.18. The van der Waals surface area contributed by atoms with Gasteiger partial charge in [0.1, 0.15) is 0 Å². The molecule has 0 saturated heterocycles. The number of hydrogen-bond acceptors (Lipinski definition) is 8. The van der Waals surface area contributed by atoms with Crippen LogP contribution in [0.25, 0.3) is 0 Å². The minimum Gasteiger partial charge on any atom is -0.462 e. The van der Waals surface area contributed by atoms with E-state index in [1.165, 1.54) is 0 Å². The molecule has 0 radical (unpaired) electrons. The molecule has 0 bridgehead atoms. The van der Waals surface area contributed by atoms with Gasteiger partial charge < -0.3 is 18.9 Å². The van der Waals surface area contributed by atoms with Gasteiger partial charge in [-0.2, -0.15) is 0 Å². The molecule has 0 fully saturated rings. The van der Waals surface area contributed by atoms with Gasteiger partial charge in [-0.05, 0) is 75.2 Å². The van der Waals surface area contributed by atoms with Gasteiger partial charge in [-0.3, -0.25) is 10.6 Å². The van der Waals surface area contributed by atoms with Gasteiger partial charge in [0.05, 0.1) is 37.6 Å². The van der Waals surface area contributed by atoms with Crippen LogP contribution < -0.4 is 10.6 Å². The largest absolute Gasteiger partial charge is 0.462 e. The molecule has 0 aliphatic rings. The van der Waals surface area contributed by atoms with Gasteiger partial charge in [-0.25, -0.2) is 19.2 Å². The second kappa shape index (κ2) is 17.4. The summed E-state index contributed by atoms with van der Waals surface area (Å²) in [6.45, 7) is 4.71. The van der Waals surface area contributed by atoms with Crippen molar-refractivity contribution in [1.82, 2.24) is 0 Å². The number of benzene rings is 2. The van der Waals surface area contributed by atoms with E-state index in [4.69, 9.17) is 18.9 Å². The minimum absolute atomic E-state index is 0.302. The molecule has 0 aliphatic carbocycles. The summed E-state index contributed by atoms with van der Waals surface area (Å²) in [6, 6.07) is 12.8. The van der Waals surface area contributed by atoms with E-state index >= 15 is 0 Å². The van der Waals surface area contributed by atoms with Crippen molar-refractivity contribution in [1.29, 1.82) is 0 Å². The van der Waals surface area contributed by atoms with Gasteiger partial charge in [0.15, 0.2) is 0 Å². The molecule has 2 aromatic rings. The number of rotatable bonds is 15. The van der Waals surface area contributed by atoms with E-state index in [-0.39, 0.29) is 0 Å². The zero-order valence-corrected chi connectivity index (χ0v) is 22.0. The second-order valence-corrected chi connectivity index (χ2v) is 8.24. The Bertz CT molecular complexity index is 939. The van der Waals surface area contributed by atoms with Crippen LogP contribution in [-0.4, -0.2) is 50.6 Å². The molecule has 0 saturated carbocycles. The molecule has 0 aliphatic heterocycles. The topological polar surface area (TPSA) is 129 Å². The molecule has 2 N–H and O–H groups in total. The zero-order valence-electron chi connectivity index (χ0n) is 22.0. The number of ether oxygens (including phenoxy) is 4. The number of anilines is 2. The third-order valence-corrected chi connectivity index (χ3v) is 5.29. The maximum Gasteiger partial charge on any atom is 0.411 e. The number of unbranched alkanes of at least 4 members (excludes halogenated alkanes) is 5. The summed E-state index contributed by atoms with van der Waals surface area (Å²) in [5, 5.41) is 5.25. The van der Waals surface area contributed by atoms with E-state index in [9.17, 15) is 19.2 Å². The molecule has 0 atom stereocenters. The predicted molar refractivity (Wildman–Crippen MR) is 142 cm³/mol. The lowest BCUT2D eigenvalue weighted by molar-refractivity contribution is 0.0517. The molecule has 10 nitrogen and oxygen atoms in total. The highest BCUT2D eigenvalue weighted by atomic mass is 16.6. The SMILES string of the molecule is CCOC(=O)c1ccc(NC(=O)OCCCCCCCCOC(=O)Nc2ccc(C(=O)OCC)cc2)cc1. The lowest BCUT2D eigenvalue weighted by Crippen LogP contribution is -2.14. The van der Waals surface area contributed by atoms with E-state index in [1.807, 2.05) is 0 Å². The summed E-state index contributed by atoms with van der Waals surface area (Å²) in [5.74, 6) is -0.813. The summed E-state index contributed by atoms with van der Waals surface area (Å²) >= 11 is 0. The van der Waals surface area contributed by atoms with Crippen LogP contribution in [0.4, 0.5) is 21.0 Å². The molecule has 10 heteroatoms. The Hall–Kier alpha value is -4.08. The van der Waals surface area contributed by atoms with Gasteiger partial charge in [0.25, 0.3) is 0 Å². The normalized spacial score (nSPS) is 10.3. The first-order chi connectivity index (χ1) is 18.4. The van der Waals surface area contributed by atoms with Crippen LogP contribution in [-0.2, 0) is 18.9 Å². The van der Waals surface area contributed by atoms with Crippen molar-refractivity contribution in [3.05, 3.63) is 59.7 Å². The van der Waals surface area contributed by atoms with Crippen molar-refractivity contribution in [2.75, 3.05) is 37.1 Å². The number of hydrogen-bond donors (Lipinski definition) is 2. The quantitative estimate of drug-likeness (QED) is 0.159. The molecule has 38 heavy (non-hydrogen) atoms. The molecular formula is C28H36N2O8. The fourth-order valence-electron chi connectivity index (χ4n) is 3.36. The fraction of sp³-hybridized carbons (Fsp3) is 0.429. The van der Waals surface area contributed by atoms with Crippen LogP contribution >= 0.6 is 0 Å². The summed E-state index contributed by atoms with van der Waals surface area (Å²) in [7, 11) is 0. The molecule has 206 valence electrons. The van der Waals surface area contributed by atoms with Crippen molar-refractivity contribution in [2.45, 2.75) is 52.4 Å². The third-order valence-electron chi connectivity index (χ3n) is 5.29. The summed E-state index contributed by atoms with van der Waals surface area (Å²) in [5.41, 5.74) is 1.90. The molecule has 2 rings (SSSR count). The van der Waals surface area contributed by atoms with Crippen LogP contribution in [0.5, 0.6) is 0 Å². The lowest BCUT2D eigenvalue weighted by Gasteiger charge is -2.08. The Labute approximate surface area is 223 Å². The third kappa shape index (κ3) is 11.8. The maximum atomic E-state index is 11.9. The molecule has 2 aromatic carbocycles. The highest BCUT2D eigenvalue weighted by Gasteiger charge is 2.09. The average Bonchev–Trinajstić information content (AvgIpc) is 2.91. The molecule has 0 heterocycles. The molecule has 0 unspecified atom stereocenters. The Balaban J connectivity index is 1.46. The van der Waals surface area contributed by atoms with Crippen molar-refractivity contribution in [3.63, 3.8) is 0 Å². The monoisotopic (exact) mass is 528 g/mol. The van der Waals surface area contributed by atoms with Crippen molar-refractivity contribution >= 4 is 35.5 Å². The maximum absolute atomic E-state index is 11.9. The van der Waals surface area contributed by atoms with Crippen LogP contribution in [0.2, 0.25) is 0 Å². The molecular weight excluding hydrogens is 492 g/mol. The first-order valence-corrected chi connectivity index (χ1v) is 12.8. The first-order valence-electron chi connectivity index (χ1n) is 12.8. The summed E-state index contributed by atoms with van der Waals surface area (Å²) in [6.07, 6.45) is 4.23. The van der Waals surface area contributed by atoms with Gasteiger partial charge in [0.2, 0.25) is 0 Å². The van der Waals surface area contributed by atoms with E-state index in [1.54, 1.807) is 62.4 Å². The van der Waals surface area contributed by atoms with Crippen molar-refractivity contribution in [2.24, 2.45) is 0 Å². The van der Waals surface area contributed by atoms with Crippen LogP contribution in [0.1, 0.15) is 73.1 Å². The van der Waals surface area contributed by atoms with Crippen LogP contribution in [0.3, 0.4) is 0 Å². The van der Waals surface area contributed by atoms with Crippen LogP contribution in [0.15, 0.2) is 48.5 Å². The van der Waals surface area contributed by atoms with E-state index in [0.29, 0.717) is 48.9 Å². The fourth-order valence-corrected chi connectivity index (χ4v) is 3.36. The molecule has 0 aromatic heterocycles. The molecule has 0 spiro atoms. The Morgan fingerprint density at radius 1 is 0.526 bits per heavy atom. The van der Waals surface area contributed by atoms with Gasteiger partial charge in [0, 0.05) is 11.4 Å². The molecule has 2 amide bonds. The standard InChI is InChI=1S/C28H36N2O8/c1-3-35-25(31)21-11-15-23(16-12-21)29-27(33)37-19-9-7-5-6-8-10-20-38-28(34)30-24-17-13-22(14-18-24)26(32)36-4-2/h11-18H,3-10,19-20H2,1-2H3,(H,29,33)(H,30,34). The smallest absolute Gasteiger partial charge is 0.411 e. The first kappa shape index (κ1) is 30.1. The Morgan fingerprint density at radius 3 is 1.21 bits per heavy atom. The Kier molecular flexibility index (Phi) is 13.8. The van der Waals surface area contributed by atoms with E-state index in [0.717, 1.165) is 38.5 Å². The lowest BCUT2D eigenvalue weighted by atomic mass is 10.1. The Morgan fingerprint density at radius 2 is 0.868 bits per heavy atom. The van der Waals surface area contributed by atoms with E-state index in [2.05, 4.69) is 10.6 Å². The number of esters is 2. The van der Waals surface area contributed by atoms with E-state index < -0.39 is 24.1 Å². The van der Waals surface area contributed by atoms with Crippen molar-refractivity contribution < 1.29 is 38.1 Å².